The van der Waals surface area contributed by atoms with Gasteiger partial charge in [-0.15, -0.1) is 6.58 Å². The second-order valence-corrected chi connectivity index (χ2v) is 9.41. The van der Waals surface area contributed by atoms with Crippen molar-refractivity contribution in [3.63, 3.8) is 0 Å². The smallest absolute Gasteiger partial charge is 0.270 e. The second kappa shape index (κ2) is 9.71. The van der Waals surface area contributed by atoms with E-state index >= 15 is 0 Å². The zero-order valence-electron chi connectivity index (χ0n) is 19.8. The third-order valence-corrected chi connectivity index (χ3v) is 6.99. The van der Waals surface area contributed by atoms with E-state index in [4.69, 9.17) is 18.7 Å². The first kappa shape index (κ1) is 24.1. The first-order valence-corrected chi connectivity index (χ1v) is 12.1. The second-order valence-electron chi connectivity index (χ2n) is 7.79. The topological polar surface area (TPSA) is 118 Å². The molecule has 1 atom stereocenters. The van der Waals surface area contributed by atoms with Crippen LogP contribution in [0.1, 0.15) is 24.0 Å². The number of hydrogen-bond acceptors (Lipinski definition) is 8. The Morgan fingerprint density at radius 3 is 2.37 bits per heavy atom. The Bertz CT molecular complexity index is 1440. The lowest BCUT2D eigenvalue weighted by molar-refractivity contribution is 0.372. The van der Waals surface area contributed by atoms with Gasteiger partial charge in [-0.05, 0) is 47.4 Å². The van der Waals surface area contributed by atoms with Crippen LogP contribution in [0.15, 0.2) is 64.8 Å². The van der Waals surface area contributed by atoms with Gasteiger partial charge in [-0.3, -0.25) is 9.40 Å². The van der Waals surface area contributed by atoms with Crippen molar-refractivity contribution in [1.82, 2.24) is 14.9 Å². The molecule has 0 aliphatic heterocycles. The molecule has 10 nitrogen and oxygen atoms in total. The molecular weight excluding hydrogens is 472 g/mol. The molecule has 0 fully saturated rings. The van der Waals surface area contributed by atoms with Crippen LogP contribution in [0.25, 0.3) is 11.0 Å². The van der Waals surface area contributed by atoms with Gasteiger partial charge in [0.2, 0.25) is 0 Å². The summed E-state index contributed by atoms with van der Waals surface area (Å²) in [5, 5.41) is 8.54. The number of aromatic nitrogens is 3. The summed E-state index contributed by atoms with van der Waals surface area (Å²) in [5.41, 5.74) is 2.00. The normalized spacial score (nSPS) is 12.3. The van der Waals surface area contributed by atoms with Crippen molar-refractivity contribution in [3.8, 4) is 17.2 Å². The number of allylic oxidation sites excluding steroid dienone is 1. The lowest BCUT2D eigenvalue weighted by Gasteiger charge is -2.17. The standard InChI is InChI=1S/C24H26N4O6S/c1-6-15(2)17-12-20(32-4)23(21(13-17)33-5)35(29,30)27-24-22-18(31-3)10-16(11-19(22)34-26-24)14-28-9-7-8-25-28/h6-13,15H,1,14H2,2-5H3,(H,26,27). The SMILES string of the molecule is C=CC(C)c1cc(OC)c(S(=O)(=O)Nc2noc3cc(Cn4cccn4)cc(OC)c23)c(OC)c1. The third-order valence-electron chi connectivity index (χ3n) is 5.58. The van der Waals surface area contributed by atoms with E-state index in [0.717, 1.165) is 11.1 Å². The van der Waals surface area contributed by atoms with Gasteiger partial charge in [0.25, 0.3) is 10.0 Å². The fraction of sp³-hybridized carbons (Fsp3) is 0.250. The minimum atomic E-state index is -4.20. The molecule has 11 heteroatoms. The van der Waals surface area contributed by atoms with Gasteiger partial charge in [0.05, 0.1) is 27.9 Å². The van der Waals surface area contributed by atoms with E-state index in [2.05, 4.69) is 21.6 Å². The zero-order chi connectivity index (χ0) is 25.2. The van der Waals surface area contributed by atoms with Crippen LogP contribution in [-0.2, 0) is 16.6 Å². The fourth-order valence-corrected chi connectivity index (χ4v) is 5.05. The van der Waals surface area contributed by atoms with Crippen molar-refractivity contribution in [2.75, 3.05) is 26.1 Å². The largest absolute Gasteiger partial charge is 0.496 e. The first-order valence-electron chi connectivity index (χ1n) is 10.7. The molecule has 1 unspecified atom stereocenters. The average molecular weight is 499 g/mol. The number of fused-ring (bicyclic) bond motifs is 1. The molecule has 0 bridgehead atoms. The number of hydrogen-bond donors (Lipinski definition) is 1. The van der Waals surface area contributed by atoms with Gasteiger partial charge in [0.15, 0.2) is 16.3 Å². The van der Waals surface area contributed by atoms with E-state index in [1.165, 1.54) is 21.3 Å². The number of anilines is 1. The summed E-state index contributed by atoms with van der Waals surface area (Å²) in [6.07, 6.45) is 5.26. The molecule has 0 spiro atoms. The van der Waals surface area contributed by atoms with Gasteiger partial charge >= 0.3 is 0 Å². The molecule has 2 aromatic heterocycles. The Morgan fingerprint density at radius 1 is 1.11 bits per heavy atom. The van der Waals surface area contributed by atoms with E-state index in [-0.39, 0.29) is 28.1 Å². The van der Waals surface area contributed by atoms with Crippen LogP contribution in [0.4, 0.5) is 5.82 Å². The van der Waals surface area contributed by atoms with Gasteiger partial charge in [0, 0.05) is 12.4 Å². The van der Waals surface area contributed by atoms with Gasteiger partial charge in [-0.2, -0.15) is 5.10 Å². The highest BCUT2D eigenvalue weighted by Gasteiger charge is 2.29. The number of benzene rings is 2. The van der Waals surface area contributed by atoms with Crippen LogP contribution >= 0.6 is 0 Å². The van der Waals surface area contributed by atoms with E-state index in [9.17, 15) is 8.42 Å². The quantitative estimate of drug-likeness (QED) is 0.324. The Kier molecular flexibility index (Phi) is 6.70. The highest BCUT2D eigenvalue weighted by atomic mass is 32.2. The maximum Gasteiger partial charge on any atom is 0.270 e. The average Bonchev–Trinajstić information content (AvgIpc) is 3.51. The fourth-order valence-electron chi connectivity index (χ4n) is 3.74. The molecule has 0 radical (unpaired) electrons. The van der Waals surface area contributed by atoms with Crippen LogP contribution in [0.5, 0.6) is 17.2 Å². The minimum Gasteiger partial charge on any atom is -0.496 e. The molecule has 2 aromatic carbocycles. The minimum absolute atomic E-state index is 0.0184. The molecule has 0 saturated heterocycles. The summed E-state index contributed by atoms with van der Waals surface area (Å²) in [6, 6.07) is 8.66. The molecule has 1 N–H and O–H groups in total. The predicted octanol–water partition coefficient (Wildman–Crippen LogP) is 4.19. The molecule has 184 valence electrons. The summed E-state index contributed by atoms with van der Waals surface area (Å²) < 4.78 is 53.1. The van der Waals surface area contributed by atoms with Crippen LogP contribution in [0, 0.1) is 0 Å². The Morgan fingerprint density at radius 2 is 1.80 bits per heavy atom. The molecule has 0 amide bonds. The third kappa shape index (κ3) is 4.67. The summed E-state index contributed by atoms with van der Waals surface area (Å²) in [4.78, 5) is -0.159. The van der Waals surface area contributed by atoms with E-state index in [0.29, 0.717) is 23.3 Å². The maximum absolute atomic E-state index is 13.5. The van der Waals surface area contributed by atoms with Crippen LogP contribution in [0.2, 0.25) is 0 Å². The number of sulfonamides is 1. The van der Waals surface area contributed by atoms with Crippen molar-refractivity contribution in [2.24, 2.45) is 0 Å². The maximum atomic E-state index is 13.5. The van der Waals surface area contributed by atoms with E-state index in [1.807, 2.05) is 19.2 Å². The number of ether oxygens (including phenoxy) is 3. The summed E-state index contributed by atoms with van der Waals surface area (Å²) in [5.74, 6) is 0.596. The Balaban J connectivity index is 1.76. The summed E-state index contributed by atoms with van der Waals surface area (Å²) in [6.45, 7) is 6.20. The highest BCUT2D eigenvalue weighted by molar-refractivity contribution is 7.93. The van der Waals surface area contributed by atoms with Crippen molar-refractivity contribution in [1.29, 1.82) is 0 Å². The van der Waals surface area contributed by atoms with Crippen LogP contribution in [0.3, 0.4) is 0 Å². The zero-order valence-corrected chi connectivity index (χ0v) is 20.6. The number of nitrogens with zero attached hydrogens (tertiary/aromatic N) is 3. The van der Waals surface area contributed by atoms with Gasteiger partial charge < -0.3 is 18.7 Å². The Labute approximate surface area is 203 Å². The molecule has 2 heterocycles. The number of nitrogens with one attached hydrogen (secondary N) is 1. The molecule has 4 aromatic rings. The van der Waals surface area contributed by atoms with Crippen LogP contribution in [-0.4, -0.2) is 44.7 Å². The predicted molar refractivity (Wildman–Crippen MR) is 131 cm³/mol. The first-order chi connectivity index (χ1) is 16.8. The number of methoxy groups -OCH3 is 3. The molecule has 0 aliphatic carbocycles. The lowest BCUT2D eigenvalue weighted by Crippen LogP contribution is -2.16. The lowest BCUT2D eigenvalue weighted by atomic mass is 10.0. The highest BCUT2D eigenvalue weighted by Crippen LogP contribution is 2.40. The van der Waals surface area contributed by atoms with Crippen molar-refractivity contribution >= 4 is 26.8 Å². The van der Waals surface area contributed by atoms with Gasteiger partial charge in [-0.25, -0.2) is 8.42 Å². The molecule has 0 saturated carbocycles. The molecule has 0 aliphatic rings. The molecule has 4 rings (SSSR count). The number of rotatable bonds is 10. The van der Waals surface area contributed by atoms with Crippen LogP contribution < -0.4 is 18.9 Å². The Hall–Kier alpha value is -3.99. The van der Waals surface area contributed by atoms with Crippen molar-refractivity contribution in [2.45, 2.75) is 24.3 Å². The van der Waals surface area contributed by atoms with E-state index < -0.39 is 10.0 Å². The van der Waals surface area contributed by atoms with E-state index in [1.54, 1.807) is 41.2 Å². The molecular formula is C24H26N4O6S. The van der Waals surface area contributed by atoms with Gasteiger partial charge in [0.1, 0.15) is 22.6 Å². The summed E-state index contributed by atoms with van der Waals surface area (Å²) >= 11 is 0. The van der Waals surface area contributed by atoms with Crippen molar-refractivity contribution in [3.05, 3.63) is 66.5 Å². The molecule has 35 heavy (non-hydrogen) atoms. The summed E-state index contributed by atoms with van der Waals surface area (Å²) in [7, 11) is 0.0752. The van der Waals surface area contributed by atoms with Gasteiger partial charge in [-0.1, -0.05) is 18.2 Å². The monoisotopic (exact) mass is 498 g/mol. The van der Waals surface area contributed by atoms with Crippen molar-refractivity contribution < 1.29 is 27.2 Å².